The highest BCUT2D eigenvalue weighted by molar-refractivity contribution is 5.94. The zero-order chi connectivity index (χ0) is 21.8. The number of hydrogen-bond donors (Lipinski definition) is 2. The van der Waals surface area contributed by atoms with Gasteiger partial charge < -0.3 is 10.6 Å². The maximum Gasteiger partial charge on any atom is 0.251 e. The molecular weight excluding hydrogens is 396 g/mol. The van der Waals surface area contributed by atoms with Crippen LogP contribution in [-0.4, -0.2) is 59.0 Å². The standard InChI is InChI=1S/C20H22N10O/c1-13-9-14(2)30(26-13)19-11-18(24-15(3)25-19)21-7-8-22-20(31)16-5-4-6-17(10-16)29-12-23-27-28-29/h4-6,9-12H,7-8H2,1-3H3,(H,22,31)(H,21,24,25). The van der Waals surface area contributed by atoms with Gasteiger partial charge in [0.25, 0.3) is 5.91 Å². The lowest BCUT2D eigenvalue weighted by Crippen LogP contribution is -2.29. The third-order valence-corrected chi connectivity index (χ3v) is 4.49. The average molecular weight is 418 g/mol. The zero-order valence-corrected chi connectivity index (χ0v) is 17.4. The lowest BCUT2D eigenvalue weighted by Gasteiger charge is -2.10. The molecule has 0 saturated heterocycles. The second kappa shape index (κ2) is 8.69. The van der Waals surface area contributed by atoms with Crippen LogP contribution in [0.3, 0.4) is 0 Å². The maximum atomic E-state index is 12.5. The van der Waals surface area contributed by atoms with Gasteiger partial charge in [0, 0.05) is 30.4 Å². The molecule has 0 aliphatic rings. The number of anilines is 1. The van der Waals surface area contributed by atoms with Crippen LogP contribution in [0.5, 0.6) is 0 Å². The number of hydrogen-bond acceptors (Lipinski definition) is 8. The van der Waals surface area contributed by atoms with E-state index in [1.807, 2.05) is 39.0 Å². The number of tetrazole rings is 1. The molecule has 3 heterocycles. The first-order chi connectivity index (χ1) is 15.0. The van der Waals surface area contributed by atoms with Crippen LogP contribution in [0.4, 0.5) is 5.82 Å². The maximum absolute atomic E-state index is 12.5. The van der Waals surface area contributed by atoms with Gasteiger partial charge in [0.05, 0.1) is 11.4 Å². The summed E-state index contributed by atoms with van der Waals surface area (Å²) in [4.78, 5) is 21.4. The molecule has 1 amide bonds. The quantitative estimate of drug-likeness (QED) is 0.431. The van der Waals surface area contributed by atoms with Gasteiger partial charge in [-0.2, -0.15) is 5.10 Å². The molecule has 11 nitrogen and oxygen atoms in total. The van der Waals surface area contributed by atoms with E-state index in [0.29, 0.717) is 41.8 Å². The van der Waals surface area contributed by atoms with E-state index in [1.54, 1.807) is 22.9 Å². The Labute approximate surface area is 178 Å². The summed E-state index contributed by atoms with van der Waals surface area (Å²) in [6.07, 6.45) is 1.48. The van der Waals surface area contributed by atoms with E-state index in [-0.39, 0.29) is 5.91 Å². The van der Waals surface area contributed by atoms with Crippen LogP contribution >= 0.6 is 0 Å². The van der Waals surface area contributed by atoms with Crippen molar-refractivity contribution in [1.82, 2.24) is 45.3 Å². The first kappa shape index (κ1) is 20.1. The zero-order valence-electron chi connectivity index (χ0n) is 17.4. The highest BCUT2D eigenvalue weighted by Gasteiger charge is 2.10. The summed E-state index contributed by atoms with van der Waals surface area (Å²) >= 11 is 0. The van der Waals surface area contributed by atoms with Crippen LogP contribution in [0.15, 0.2) is 42.7 Å². The predicted molar refractivity (Wildman–Crippen MR) is 113 cm³/mol. The van der Waals surface area contributed by atoms with Crippen LogP contribution in [0.2, 0.25) is 0 Å². The first-order valence-electron chi connectivity index (χ1n) is 9.74. The molecule has 0 radical (unpaired) electrons. The Morgan fingerprint density at radius 3 is 2.68 bits per heavy atom. The molecule has 3 aromatic heterocycles. The lowest BCUT2D eigenvalue weighted by molar-refractivity contribution is 0.0955. The minimum Gasteiger partial charge on any atom is -0.368 e. The highest BCUT2D eigenvalue weighted by atomic mass is 16.1. The molecule has 0 aliphatic carbocycles. The number of nitrogens with zero attached hydrogens (tertiary/aromatic N) is 8. The number of amides is 1. The number of rotatable bonds is 7. The fourth-order valence-electron chi connectivity index (χ4n) is 3.15. The minimum absolute atomic E-state index is 0.182. The van der Waals surface area contributed by atoms with E-state index in [4.69, 9.17) is 0 Å². The average Bonchev–Trinajstić information content (AvgIpc) is 3.40. The van der Waals surface area contributed by atoms with Gasteiger partial charge >= 0.3 is 0 Å². The Kier molecular flexibility index (Phi) is 5.65. The molecule has 0 fully saturated rings. The summed E-state index contributed by atoms with van der Waals surface area (Å²) in [6, 6.07) is 10.9. The number of aromatic nitrogens is 8. The Morgan fingerprint density at radius 2 is 1.94 bits per heavy atom. The Balaban J connectivity index is 1.35. The third kappa shape index (κ3) is 4.71. The molecule has 0 unspecified atom stereocenters. The molecule has 0 bridgehead atoms. The van der Waals surface area contributed by atoms with Gasteiger partial charge in [-0.25, -0.2) is 19.3 Å². The molecule has 4 rings (SSSR count). The monoisotopic (exact) mass is 418 g/mol. The number of aryl methyl sites for hydroxylation is 3. The molecule has 158 valence electrons. The molecule has 1 aromatic carbocycles. The summed E-state index contributed by atoms with van der Waals surface area (Å²) in [5.74, 6) is 1.82. The molecule has 31 heavy (non-hydrogen) atoms. The van der Waals surface area contributed by atoms with Crippen molar-refractivity contribution in [1.29, 1.82) is 0 Å². The third-order valence-electron chi connectivity index (χ3n) is 4.49. The van der Waals surface area contributed by atoms with Crippen LogP contribution in [-0.2, 0) is 0 Å². The topological polar surface area (TPSA) is 128 Å². The van der Waals surface area contributed by atoms with Gasteiger partial charge in [-0.05, 0) is 55.5 Å². The second-order valence-electron chi connectivity index (χ2n) is 6.98. The van der Waals surface area contributed by atoms with Crippen LogP contribution in [0, 0.1) is 20.8 Å². The highest BCUT2D eigenvalue weighted by Crippen LogP contribution is 2.14. The summed E-state index contributed by atoms with van der Waals surface area (Å²) in [7, 11) is 0. The number of carbonyl (C=O) groups is 1. The normalized spacial score (nSPS) is 10.8. The van der Waals surface area contributed by atoms with Crippen molar-refractivity contribution in [2.24, 2.45) is 0 Å². The molecular formula is C20H22N10O. The fourth-order valence-corrected chi connectivity index (χ4v) is 3.15. The van der Waals surface area contributed by atoms with E-state index < -0.39 is 0 Å². The van der Waals surface area contributed by atoms with Crippen molar-refractivity contribution in [3.8, 4) is 11.5 Å². The molecule has 0 saturated carbocycles. The molecule has 0 atom stereocenters. The van der Waals surface area contributed by atoms with Gasteiger partial charge in [-0.15, -0.1) is 5.10 Å². The summed E-state index contributed by atoms with van der Waals surface area (Å²) in [5.41, 5.74) is 3.16. The molecule has 0 spiro atoms. The largest absolute Gasteiger partial charge is 0.368 e. The van der Waals surface area contributed by atoms with E-state index in [0.717, 1.165) is 11.4 Å². The van der Waals surface area contributed by atoms with Crippen molar-refractivity contribution < 1.29 is 4.79 Å². The van der Waals surface area contributed by atoms with E-state index in [9.17, 15) is 4.79 Å². The van der Waals surface area contributed by atoms with Gasteiger partial charge in [0.2, 0.25) is 0 Å². The molecule has 4 aromatic rings. The molecule has 2 N–H and O–H groups in total. The smallest absolute Gasteiger partial charge is 0.251 e. The summed E-state index contributed by atoms with van der Waals surface area (Å²) in [6.45, 7) is 6.68. The van der Waals surface area contributed by atoms with E-state index in [1.165, 1.54) is 11.0 Å². The van der Waals surface area contributed by atoms with Crippen molar-refractivity contribution in [3.05, 3.63) is 65.5 Å². The van der Waals surface area contributed by atoms with Crippen LogP contribution in [0.1, 0.15) is 27.6 Å². The second-order valence-corrected chi connectivity index (χ2v) is 6.98. The summed E-state index contributed by atoms with van der Waals surface area (Å²) < 4.78 is 3.28. The lowest BCUT2D eigenvalue weighted by atomic mass is 10.2. The molecule has 11 heteroatoms. The number of carbonyl (C=O) groups excluding carboxylic acids is 1. The first-order valence-corrected chi connectivity index (χ1v) is 9.74. The van der Waals surface area contributed by atoms with Crippen LogP contribution < -0.4 is 10.6 Å². The SMILES string of the molecule is Cc1cc(C)n(-c2cc(NCCNC(=O)c3cccc(-n4cnnn4)c3)nc(C)n2)n1. The fraction of sp³-hybridized carbons (Fsp3) is 0.250. The van der Waals surface area contributed by atoms with Crippen molar-refractivity contribution >= 4 is 11.7 Å². The van der Waals surface area contributed by atoms with E-state index in [2.05, 4.69) is 41.2 Å². The Bertz CT molecular complexity index is 1200. The van der Waals surface area contributed by atoms with E-state index >= 15 is 0 Å². The van der Waals surface area contributed by atoms with Gasteiger partial charge in [-0.3, -0.25) is 4.79 Å². The summed E-state index contributed by atoms with van der Waals surface area (Å²) in [5, 5.41) is 21.6. The van der Waals surface area contributed by atoms with Gasteiger partial charge in [0.1, 0.15) is 18.0 Å². The van der Waals surface area contributed by atoms with Crippen molar-refractivity contribution in [2.45, 2.75) is 20.8 Å². The van der Waals surface area contributed by atoms with Gasteiger partial charge in [0.15, 0.2) is 5.82 Å². The Hall–Kier alpha value is -4.15. The van der Waals surface area contributed by atoms with Crippen molar-refractivity contribution in [3.63, 3.8) is 0 Å². The minimum atomic E-state index is -0.182. The van der Waals surface area contributed by atoms with Crippen LogP contribution in [0.25, 0.3) is 11.5 Å². The van der Waals surface area contributed by atoms with Crippen molar-refractivity contribution in [2.75, 3.05) is 18.4 Å². The number of benzene rings is 1. The predicted octanol–water partition coefficient (Wildman–Crippen LogP) is 1.41. The van der Waals surface area contributed by atoms with Gasteiger partial charge in [-0.1, -0.05) is 6.07 Å². The Morgan fingerprint density at radius 1 is 1.06 bits per heavy atom. The number of nitrogens with one attached hydrogen (secondary N) is 2. The molecule has 0 aliphatic heterocycles.